The molecule has 1 aliphatic heterocycles. The van der Waals surface area contributed by atoms with Crippen molar-refractivity contribution in [3.05, 3.63) is 29.6 Å². The second kappa shape index (κ2) is 6.13. The lowest BCUT2D eigenvalue weighted by molar-refractivity contribution is -0.140. The fourth-order valence-corrected chi connectivity index (χ4v) is 3.98. The van der Waals surface area contributed by atoms with E-state index in [0.29, 0.717) is 25.0 Å². The molecule has 0 bridgehead atoms. The number of hydrogen-bond donors (Lipinski definition) is 2. The Morgan fingerprint density at radius 3 is 2.59 bits per heavy atom. The zero-order chi connectivity index (χ0) is 16.5. The average Bonchev–Trinajstić information content (AvgIpc) is 2.40. The van der Waals surface area contributed by atoms with Gasteiger partial charge < -0.3 is 5.32 Å². The molecule has 0 amide bonds. The Hall–Kier alpha value is -1.19. The van der Waals surface area contributed by atoms with Crippen LogP contribution in [0, 0.1) is 5.82 Å². The van der Waals surface area contributed by atoms with Crippen LogP contribution in [0.1, 0.15) is 25.3 Å². The number of halogens is 4. The summed E-state index contributed by atoms with van der Waals surface area (Å²) in [6.45, 7) is 2.48. The van der Waals surface area contributed by atoms with Crippen LogP contribution < -0.4 is 10.0 Å². The number of hydrogen-bond acceptors (Lipinski definition) is 3. The van der Waals surface area contributed by atoms with Gasteiger partial charge in [-0.25, -0.2) is 17.5 Å². The molecule has 1 aliphatic rings. The fraction of sp³-hybridized carbons (Fsp3) is 0.538. The third kappa shape index (κ3) is 3.76. The van der Waals surface area contributed by atoms with Crippen molar-refractivity contribution in [2.45, 2.75) is 42.9 Å². The molecule has 1 heterocycles. The van der Waals surface area contributed by atoms with Crippen LogP contribution in [0.25, 0.3) is 0 Å². The maximum absolute atomic E-state index is 13.1. The van der Waals surface area contributed by atoms with Crippen molar-refractivity contribution in [1.29, 1.82) is 0 Å². The summed E-state index contributed by atoms with van der Waals surface area (Å²) in [6.07, 6.45) is -3.72. The maximum Gasteiger partial charge on any atom is 0.417 e. The van der Waals surface area contributed by atoms with E-state index in [0.717, 1.165) is 6.54 Å². The molecule has 22 heavy (non-hydrogen) atoms. The van der Waals surface area contributed by atoms with Gasteiger partial charge in [-0.15, -0.1) is 0 Å². The number of benzene rings is 1. The topological polar surface area (TPSA) is 58.2 Å². The first-order chi connectivity index (χ1) is 10.1. The van der Waals surface area contributed by atoms with Crippen LogP contribution in [-0.4, -0.2) is 27.0 Å². The Morgan fingerprint density at radius 2 is 2.00 bits per heavy atom. The van der Waals surface area contributed by atoms with Gasteiger partial charge in [-0.1, -0.05) is 0 Å². The molecule has 0 saturated carbocycles. The molecule has 1 aromatic carbocycles. The van der Waals surface area contributed by atoms with Crippen LogP contribution in [0.2, 0.25) is 0 Å². The molecule has 1 aromatic rings. The Morgan fingerprint density at radius 1 is 1.32 bits per heavy atom. The largest absolute Gasteiger partial charge is 0.417 e. The summed E-state index contributed by atoms with van der Waals surface area (Å²) >= 11 is 0. The van der Waals surface area contributed by atoms with E-state index in [1.165, 1.54) is 0 Å². The minimum absolute atomic E-state index is 0.192. The summed E-state index contributed by atoms with van der Waals surface area (Å²) in [5.41, 5.74) is -1.50. The third-order valence-electron chi connectivity index (χ3n) is 3.60. The van der Waals surface area contributed by atoms with Crippen LogP contribution in [0.15, 0.2) is 23.1 Å². The standard InChI is InChI=1S/C13H16F4N2O2S/c1-8-11(3-2-6-18-8)19-22(20,21)12-5-4-9(14)7-10(12)13(15,16)17/h4-5,7-8,11,18-19H,2-3,6H2,1H3. The smallest absolute Gasteiger partial charge is 0.313 e. The summed E-state index contributed by atoms with van der Waals surface area (Å²) < 4.78 is 78.7. The Balaban J connectivity index is 2.37. The minimum atomic E-state index is -4.96. The highest BCUT2D eigenvalue weighted by Crippen LogP contribution is 2.34. The molecule has 0 aliphatic carbocycles. The van der Waals surface area contributed by atoms with Gasteiger partial charge in [0.05, 0.1) is 10.5 Å². The van der Waals surface area contributed by atoms with E-state index in [9.17, 15) is 26.0 Å². The molecule has 2 unspecified atom stereocenters. The molecular formula is C13H16F4N2O2S. The Labute approximate surface area is 126 Å². The molecule has 1 fully saturated rings. The van der Waals surface area contributed by atoms with Crippen molar-refractivity contribution in [1.82, 2.24) is 10.0 Å². The van der Waals surface area contributed by atoms with Crippen LogP contribution >= 0.6 is 0 Å². The first-order valence-electron chi connectivity index (χ1n) is 6.74. The third-order valence-corrected chi connectivity index (χ3v) is 5.15. The van der Waals surface area contributed by atoms with E-state index in [1.807, 2.05) is 0 Å². The van der Waals surface area contributed by atoms with Crippen LogP contribution in [0.5, 0.6) is 0 Å². The van der Waals surface area contributed by atoms with Crippen molar-refractivity contribution in [3.63, 3.8) is 0 Å². The number of piperidine rings is 1. The minimum Gasteiger partial charge on any atom is -0.313 e. The molecule has 9 heteroatoms. The first kappa shape index (κ1) is 17.2. The van der Waals surface area contributed by atoms with Gasteiger partial charge in [0, 0.05) is 12.1 Å². The Bertz CT molecular complexity index is 646. The molecule has 0 spiro atoms. The molecule has 2 rings (SSSR count). The summed E-state index contributed by atoms with van der Waals surface area (Å²) in [6, 6.07) is 0.827. The van der Waals surface area contributed by atoms with Gasteiger partial charge in [-0.3, -0.25) is 0 Å². The van der Waals surface area contributed by atoms with Crippen molar-refractivity contribution in [3.8, 4) is 0 Å². The van der Waals surface area contributed by atoms with Crippen molar-refractivity contribution >= 4 is 10.0 Å². The number of rotatable bonds is 3. The monoisotopic (exact) mass is 340 g/mol. The van der Waals surface area contributed by atoms with Crippen molar-refractivity contribution in [2.75, 3.05) is 6.54 Å². The first-order valence-corrected chi connectivity index (χ1v) is 8.22. The number of sulfonamides is 1. The normalized spacial score (nSPS) is 23.5. The molecule has 124 valence electrons. The molecule has 4 nitrogen and oxygen atoms in total. The zero-order valence-electron chi connectivity index (χ0n) is 11.7. The maximum atomic E-state index is 13.1. The van der Waals surface area contributed by atoms with Gasteiger partial charge in [0.25, 0.3) is 0 Å². The van der Waals surface area contributed by atoms with E-state index in [4.69, 9.17) is 0 Å². The van der Waals surface area contributed by atoms with Crippen molar-refractivity contribution in [2.24, 2.45) is 0 Å². The SMILES string of the molecule is CC1NCCCC1NS(=O)(=O)c1ccc(F)cc1C(F)(F)F. The van der Waals surface area contributed by atoms with Crippen LogP contribution in [-0.2, 0) is 16.2 Å². The molecule has 0 radical (unpaired) electrons. The van der Waals surface area contributed by atoms with E-state index < -0.39 is 38.5 Å². The van der Waals surface area contributed by atoms with Gasteiger partial charge in [-0.05, 0) is 44.5 Å². The lowest BCUT2D eigenvalue weighted by Crippen LogP contribution is -2.51. The lowest BCUT2D eigenvalue weighted by Gasteiger charge is -2.30. The van der Waals surface area contributed by atoms with Crippen LogP contribution in [0.3, 0.4) is 0 Å². The summed E-state index contributed by atoms with van der Waals surface area (Å²) in [4.78, 5) is -0.959. The van der Waals surface area contributed by atoms with Crippen molar-refractivity contribution < 1.29 is 26.0 Å². The highest BCUT2D eigenvalue weighted by Gasteiger charge is 2.38. The molecule has 1 saturated heterocycles. The fourth-order valence-electron chi connectivity index (χ4n) is 2.43. The predicted octanol–water partition coefficient (Wildman–Crippen LogP) is 2.26. The van der Waals surface area contributed by atoms with E-state index in [2.05, 4.69) is 10.0 Å². The second-order valence-electron chi connectivity index (χ2n) is 5.25. The van der Waals surface area contributed by atoms with E-state index in [-0.39, 0.29) is 12.1 Å². The summed E-state index contributed by atoms with van der Waals surface area (Å²) in [7, 11) is -4.40. The van der Waals surface area contributed by atoms with E-state index in [1.54, 1.807) is 6.92 Å². The molecule has 2 atom stereocenters. The van der Waals surface area contributed by atoms with Gasteiger partial charge in [-0.2, -0.15) is 13.2 Å². The molecule has 0 aromatic heterocycles. The molecule has 2 N–H and O–H groups in total. The van der Waals surface area contributed by atoms with Gasteiger partial charge in [0.1, 0.15) is 5.82 Å². The number of nitrogens with one attached hydrogen (secondary N) is 2. The van der Waals surface area contributed by atoms with Gasteiger partial charge in [0.2, 0.25) is 10.0 Å². The highest BCUT2D eigenvalue weighted by molar-refractivity contribution is 7.89. The zero-order valence-corrected chi connectivity index (χ0v) is 12.6. The van der Waals surface area contributed by atoms with Crippen LogP contribution in [0.4, 0.5) is 17.6 Å². The number of alkyl halides is 3. The molecular weight excluding hydrogens is 324 g/mol. The average molecular weight is 340 g/mol. The highest BCUT2D eigenvalue weighted by atomic mass is 32.2. The van der Waals surface area contributed by atoms with Gasteiger partial charge in [0.15, 0.2) is 0 Å². The quantitative estimate of drug-likeness (QED) is 0.830. The Kier molecular flexibility index (Phi) is 4.78. The second-order valence-corrected chi connectivity index (χ2v) is 6.93. The summed E-state index contributed by atoms with van der Waals surface area (Å²) in [5.74, 6) is -1.14. The predicted molar refractivity (Wildman–Crippen MR) is 72.2 cm³/mol. The lowest BCUT2D eigenvalue weighted by atomic mass is 10.0. The summed E-state index contributed by atoms with van der Waals surface area (Å²) in [5, 5.41) is 3.05. The van der Waals surface area contributed by atoms with Gasteiger partial charge >= 0.3 is 6.18 Å². The van der Waals surface area contributed by atoms with E-state index >= 15 is 0 Å².